The van der Waals surface area contributed by atoms with Gasteiger partial charge < -0.3 is 15.1 Å². The Balaban J connectivity index is 1.16. The van der Waals surface area contributed by atoms with E-state index in [0.29, 0.717) is 11.6 Å². The summed E-state index contributed by atoms with van der Waals surface area (Å²) in [7, 11) is -0.994. The number of likely N-dealkylation sites (tertiary alicyclic amines) is 2. The van der Waals surface area contributed by atoms with Crippen LogP contribution in [0.2, 0.25) is 5.02 Å². The van der Waals surface area contributed by atoms with Crippen molar-refractivity contribution in [2.24, 2.45) is 11.3 Å². The van der Waals surface area contributed by atoms with E-state index < -0.39 is 10.8 Å². The van der Waals surface area contributed by atoms with Crippen molar-refractivity contribution >= 4 is 34.2 Å². The topological polar surface area (TPSA) is 69.7 Å². The van der Waals surface area contributed by atoms with Crippen molar-refractivity contribution in [2.75, 3.05) is 32.4 Å². The fraction of sp³-hybridized carbons (Fsp3) is 0.548. The van der Waals surface area contributed by atoms with Gasteiger partial charge in [-0.05, 0) is 80.9 Å². The van der Waals surface area contributed by atoms with Crippen molar-refractivity contribution in [3.05, 3.63) is 64.7 Å². The summed E-state index contributed by atoms with van der Waals surface area (Å²) in [6.45, 7) is 4.05. The van der Waals surface area contributed by atoms with E-state index in [0.717, 1.165) is 93.6 Å². The minimum atomic E-state index is -0.994. The molecule has 1 aliphatic carbocycles. The molecule has 39 heavy (non-hydrogen) atoms. The van der Waals surface area contributed by atoms with E-state index in [4.69, 9.17) is 11.6 Å². The van der Waals surface area contributed by atoms with Crippen LogP contribution in [0.4, 0.5) is 0 Å². The number of hydrogen-bond acceptors (Lipinski definition) is 4. The summed E-state index contributed by atoms with van der Waals surface area (Å²) in [5.74, 6) is 0.557. The van der Waals surface area contributed by atoms with Crippen LogP contribution in [0.25, 0.3) is 0 Å². The number of carbonyl (C=O) groups excluding carboxylic acids is 2. The SMILES string of the molecule is CS(=O)c1ccc(CN2CCC3(CCN(CCC(NC(=O)C4CCCC4)c4ccccc4Cl)CC3)C2=O)cc1. The molecule has 2 saturated heterocycles. The molecule has 1 N–H and O–H groups in total. The highest BCUT2D eigenvalue weighted by Crippen LogP contribution is 2.42. The molecule has 8 heteroatoms. The number of halogens is 1. The van der Waals surface area contributed by atoms with Gasteiger partial charge in [0.25, 0.3) is 0 Å². The number of rotatable bonds is 9. The van der Waals surface area contributed by atoms with Crippen molar-refractivity contribution in [1.82, 2.24) is 15.1 Å². The number of benzene rings is 2. The number of nitrogens with one attached hydrogen (secondary N) is 1. The van der Waals surface area contributed by atoms with Crippen LogP contribution < -0.4 is 5.32 Å². The highest BCUT2D eigenvalue weighted by Gasteiger charge is 2.47. The second-order valence-electron chi connectivity index (χ2n) is 11.5. The van der Waals surface area contributed by atoms with Crippen molar-refractivity contribution < 1.29 is 13.8 Å². The predicted octanol–water partition coefficient (Wildman–Crippen LogP) is 5.33. The molecule has 0 aromatic heterocycles. The zero-order chi connectivity index (χ0) is 27.4. The van der Waals surface area contributed by atoms with E-state index in [1.165, 1.54) is 0 Å². The fourth-order valence-electron chi connectivity index (χ4n) is 6.57. The minimum Gasteiger partial charge on any atom is -0.349 e. The van der Waals surface area contributed by atoms with Gasteiger partial charge in [0.05, 0.1) is 11.5 Å². The van der Waals surface area contributed by atoms with Crippen LogP contribution in [0.15, 0.2) is 53.4 Å². The first kappa shape index (κ1) is 28.3. The monoisotopic (exact) mass is 569 g/mol. The standard InChI is InChI=1S/C31H40ClN3O3S/c1-39(38)25-12-10-23(11-13-25)22-35-21-17-31(30(35)37)15-19-34(20-16-31)18-14-28(26-8-4-5-9-27(26)32)33-29(36)24-6-2-3-7-24/h4-5,8-13,24,28H,2-3,6-7,14-22H2,1H3,(H,33,36). The van der Waals surface area contributed by atoms with E-state index in [-0.39, 0.29) is 29.2 Å². The lowest BCUT2D eigenvalue weighted by Crippen LogP contribution is -2.45. The number of piperidine rings is 1. The molecule has 2 aliphatic heterocycles. The normalized spacial score (nSPS) is 21.4. The Bertz CT molecular complexity index is 1190. The molecule has 0 bridgehead atoms. The van der Waals surface area contributed by atoms with E-state index in [9.17, 15) is 13.8 Å². The molecule has 210 valence electrons. The highest BCUT2D eigenvalue weighted by atomic mass is 35.5. The van der Waals surface area contributed by atoms with Gasteiger partial charge in [0.1, 0.15) is 0 Å². The lowest BCUT2D eigenvalue weighted by molar-refractivity contribution is -0.139. The van der Waals surface area contributed by atoms with E-state index in [1.807, 2.05) is 53.4 Å². The second-order valence-corrected chi connectivity index (χ2v) is 13.3. The average Bonchev–Trinajstić information content (AvgIpc) is 3.58. The van der Waals surface area contributed by atoms with Gasteiger partial charge in [0.15, 0.2) is 0 Å². The summed E-state index contributed by atoms with van der Waals surface area (Å²) in [6.07, 6.45) is 9.36. The van der Waals surface area contributed by atoms with Gasteiger partial charge in [-0.1, -0.05) is 54.8 Å². The lowest BCUT2D eigenvalue weighted by atomic mass is 9.77. The Labute approximate surface area is 239 Å². The largest absolute Gasteiger partial charge is 0.349 e. The highest BCUT2D eigenvalue weighted by molar-refractivity contribution is 7.84. The van der Waals surface area contributed by atoms with Crippen LogP contribution in [0, 0.1) is 11.3 Å². The molecule has 2 aromatic carbocycles. The van der Waals surface area contributed by atoms with E-state index in [1.54, 1.807) is 6.26 Å². The van der Waals surface area contributed by atoms with Crippen molar-refractivity contribution in [3.63, 3.8) is 0 Å². The molecule has 2 aromatic rings. The molecule has 1 spiro atoms. The van der Waals surface area contributed by atoms with Gasteiger partial charge >= 0.3 is 0 Å². The third-order valence-corrected chi connectivity index (χ3v) is 10.4. The molecule has 2 unspecified atom stereocenters. The minimum absolute atomic E-state index is 0.109. The van der Waals surface area contributed by atoms with Gasteiger partial charge in [-0.25, -0.2) is 0 Å². The van der Waals surface area contributed by atoms with Crippen LogP contribution >= 0.6 is 11.6 Å². The van der Waals surface area contributed by atoms with Gasteiger partial charge in [-0.3, -0.25) is 13.8 Å². The molecular weight excluding hydrogens is 530 g/mol. The first-order valence-electron chi connectivity index (χ1n) is 14.3. The Hall–Kier alpha value is -2.22. The summed E-state index contributed by atoms with van der Waals surface area (Å²) >= 11 is 6.55. The van der Waals surface area contributed by atoms with Crippen LogP contribution in [0.3, 0.4) is 0 Å². The summed E-state index contributed by atoms with van der Waals surface area (Å²) < 4.78 is 11.7. The van der Waals surface area contributed by atoms with Crippen LogP contribution in [0.5, 0.6) is 0 Å². The second kappa shape index (κ2) is 12.5. The number of amides is 2. The van der Waals surface area contributed by atoms with E-state index >= 15 is 0 Å². The number of nitrogens with zero attached hydrogens (tertiary/aromatic N) is 2. The van der Waals surface area contributed by atoms with Gasteiger partial charge in [0, 0.05) is 52.5 Å². The maximum atomic E-state index is 13.5. The summed E-state index contributed by atoms with van der Waals surface area (Å²) in [4.78, 5) is 31.7. The fourth-order valence-corrected chi connectivity index (χ4v) is 7.36. The Morgan fingerprint density at radius 2 is 1.72 bits per heavy atom. The summed E-state index contributed by atoms with van der Waals surface area (Å²) in [5.41, 5.74) is 1.82. The molecule has 0 radical (unpaired) electrons. The third-order valence-electron chi connectivity index (χ3n) is 9.10. The van der Waals surface area contributed by atoms with Crippen molar-refractivity contribution in [1.29, 1.82) is 0 Å². The molecule has 6 nitrogen and oxygen atoms in total. The average molecular weight is 570 g/mol. The number of carbonyl (C=O) groups is 2. The Morgan fingerprint density at radius 1 is 1.05 bits per heavy atom. The zero-order valence-corrected chi connectivity index (χ0v) is 24.4. The maximum Gasteiger partial charge on any atom is 0.229 e. The lowest BCUT2D eigenvalue weighted by Gasteiger charge is -2.38. The van der Waals surface area contributed by atoms with Crippen molar-refractivity contribution in [3.8, 4) is 0 Å². The van der Waals surface area contributed by atoms with Gasteiger partial charge in [-0.2, -0.15) is 0 Å². The molecule has 1 saturated carbocycles. The van der Waals surface area contributed by atoms with Crippen molar-refractivity contribution in [2.45, 2.75) is 68.8 Å². The van der Waals surface area contributed by atoms with Gasteiger partial charge in [0.2, 0.25) is 11.8 Å². The molecule has 2 heterocycles. The Morgan fingerprint density at radius 3 is 2.38 bits per heavy atom. The maximum absolute atomic E-state index is 13.5. The van der Waals surface area contributed by atoms with Crippen LogP contribution in [0.1, 0.15) is 68.5 Å². The molecule has 2 atom stereocenters. The zero-order valence-electron chi connectivity index (χ0n) is 22.9. The molecule has 3 aliphatic rings. The predicted molar refractivity (Wildman–Crippen MR) is 156 cm³/mol. The molecule has 5 rings (SSSR count). The summed E-state index contributed by atoms with van der Waals surface area (Å²) in [6, 6.07) is 15.5. The quantitative estimate of drug-likeness (QED) is 0.443. The first-order chi connectivity index (χ1) is 18.8. The smallest absolute Gasteiger partial charge is 0.229 e. The van der Waals surface area contributed by atoms with Crippen LogP contribution in [-0.4, -0.2) is 58.3 Å². The molecular formula is C31H40ClN3O3S. The van der Waals surface area contributed by atoms with Gasteiger partial charge in [-0.15, -0.1) is 0 Å². The third kappa shape index (κ3) is 6.58. The molecule has 2 amide bonds. The van der Waals surface area contributed by atoms with E-state index in [2.05, 4.69) is 10.2 Å². The summed E-state index contributed by atoms with van der Waals surface area (Å²) in [5, 5.41) is 4.02. The first-order valence-corrected chi connectivity index (χ1v) is 16.3. The number of hydrogen-bond donors (Lipinski definition) is 1. The molecule has 3 fully saturated rings. The Kier molecular flexibility index (Phi) is 9.09. The van der Waals surface area contributed by atoms with Crippen LogP contribution in [-0.2, 0) is 26.9 Å².